The quantitative estimate of drug-likeness (QED) is 0.822. The Labute approximate surface area is 155 Å². The molecule has 2 atom stereocenters. The number of nitrogens with one attached hydrogen (secondary N) is 2. The molecule has 27 heavy (non-hydrogen) atoms. The first-order chi connectivity index (χ1) is 12.7. The largest absolute Gasteiger partial charge is 0.451 e. The SMILES string of the molecule is O=C1NCC(C(=O)N[C@H](c2ccc(Cl)cc2)c2ccnc(C(F)(F)F)n2)O1. The molecule has 1 saturated heterocycles. The van der Waals surface area contributed by atoms with Crippen molar-refractivity contribution < 1.29 is 27.5 Å². The van der Waals surface area contributed by atoms with Crippen molar-refractivity contribution in [2.45, 2.75) is 18.3 Å². The number of cyclic esters (lactones) is 1. The molecule has 142 valence electrons. The predicted molar refractivity (Wildman–Crippen MR) is 86.7 cm³/mol. The minimum Gasteiger partial charge on any atom is -0.434 e. The number of benzene rings is 1. The first-order valence-electron chi connectivity index (χ1n) is 7.64. The summed E-state index contributed by atoms with van der Waals surface area (Å²) in [6.45, 7) is -0.0461. The summed E-state index contributed by atoms with van der Waals surface area (Å²) < 4.78 is 43.6. The van der Waals surface area contributed by atoms with Crippen LogP contribution in [0.2, 0.25) is 5.02 Å². The molecule has 1 fully saturated rings. The number of hydrogen-bond acceptors (Lipinski definition) is 5. The lowest BCUT2D eigenvalue weighted by Crippen LogP contribution is -2.39. The molecule has 11 heteroatoms. The average molecular weight is 401 g/mol. The highest BCUT2D eigenvalue weighted by Crippen LogP contribution is 2.28. The van der Waals surface area contributed by atoms with E-state index in [-0.39, 0.29) is 12.2 Å². The van der Waals surface area contributed by atoms with Gasteiger partial charge in [-0.3, -0.25) is 4.79 Å². The van der Waals surface area contributed by atoms with E-state index in [0.717, 1.165) is 6.20 Å². The lowest BCUT2D eigenvalue weighted by Gasteiger charge is -2.21. The first-order valence-corrected chi connectivity index (χ1v) is 8.02. The normalized spacial score (nSPS) is 17.8. The molecule has 2 heterocycles. The Bertz CT molecular complexity index is 861. The van der Waals surface area contributed by atoms with Gasteiger partial charge in [0.25, 0.3) is 5.91 Å². The highest BCUT2D eigenvalue weighted by atomic mass is 35.5. The van der Waals surface area contributed by atoms with E-state index in [9.17, 15) is 22.8 Å². The van der Waals surface area contributed by atoms with Crippen LogP contribution in [-0.2, 0) is 15.7 Å². The Hall–Kier alpha value is -2.88. The Kier molecular flexibility index (Phi) is 5.17. The molecule has 1 aromatic carbocycles. The number of ether oxygens (including phenoxy) is 1. The van der Waals surface area contributed by atoms with E-state index in [0.29, 0.717) is 10.6 Å². The van der Waals surface area contributed by atoms with Gasteiger partial charge in [-0.1, -0.05) is 23.7 Å². The summed E-state index contributed by atoms with van der Waals surface area (Å²) in [6.07, 6.45) is -5.64. The van der Waals surface area contributed by atoms with Crippen LogP contribution < -0.4 is 10.6 Å². The van der Waals surface area contributed by atoms with Crippen LogP contribution in [0.5, 0.6) is 0 Å². The lowest BCUT2D eigenvalue weighted by molar-refractivity contribution is -0.145. The average Bonchev–Trinajstić information content (AvgIpc) is 3.06. The summed E-state index contributed by atoms with van der Waals surface area (Å²) in [4.78, 5) is 30.2. The molecule has 1 aliphatic heterocycles. The number of rotatable bonds is 4. The number of halogens is 4. The van der Waals surface area contributed by atoms with Crippen LogP contribution in [0.1, 0.15) is 23.1 Å². The number of aromatic nitrogens is 2. The first kappa shape index (κ1) is 18.9. The zero-order valence-electron chi connectivity index (χ0n) is 13.5. The van der Waals surface area contributed by atoms with Gasteiger partial charge in [0.1, 0.15) is 0 Å². The maximum atomic E-state index is 12.9. The topological polar surface area (TPSA) is 93.2 Å². The van der Waals surface area contributed by atoms with Gasteiger partial charge in [-0.05, 0) is 23.8 Å². The van der Waals surface area contributed by atoms with E-state index in [1.165, 1.54) is 18.2 Å². The van der Waals surface area contributed by atoms with E-state index < -0.39 is 36.1 Å². The third kappa shape index (κ3) is 4.45. The van der Waals surface area contributed by atoms with Gasteiger partial charge in [0, 0.05) is 11.2 Å². The molecule has 2 amide bonds. The van der Waals surface area contributed by atoms with Gasteiger partial charge in [-0.2, -0.15) is 13.2 Å². The van der Waals surface area contributed by atoms with Crippen molar-refractivity contribution in [3.05, 3.63) is 58.6 Å². The highest BCUT2D eigenvalue weighted by Gasteiger charge is 2.36. The fraction of sp³-hybridized carbons (Fsp3) is 0.250. The van der Waals surface area contributed by atoms with Crippen LogP contribution in [0.25, 0.3) is 0 Å². The van der Waals surface area contributed by atoms with Crippen LogP contribution in [0.3, 0.4) is 0 Å². The number of nitrogens with zero attached hydrogens (tertiary/aromatic N) is 2. The Balaban J connectivity index is 1.94. The molecule has 0 bridgehead atoms. The number of carbonyl (C=O) groups is 2. The Morgan fingerprint density at radius 1 is 1.30 bits per heavy atom. The van der Waals surface area contributed by atoms with Crippen LogP contribution in [-0.4, -0.2) is 34.6 Å². The molecule has 2 N–H and O–H groups in total. The molecule has 0 aliphatic carbocycles. The van der Waals surface area contributed by atoms with Crippen molar-refractivity contribution in [1.29, 1.82) is 0 Å². The summed E-state index contributed by atoms with van der Waals surface area (Å²) >= 11 is 5.85. The van der Waals surface area contributed by atoms with E-state index >= 15 is 0 Å². The summed E-state index contributed by atoms with van der Waals surface area (Å²) in [5, 5.41) is 5.29. The third-order valence-electron chi connectivity index (χ3n) is 3.69. The summed E-state index contributed by atoms with van der Waals surface area (Å²) in [7, 11) is 0. The van der Waals surface area contributed by atoms with Crippen molar-refractivity contribution in [3.63, 3.8) is 0 Å². The van der Waals surface area contributed by atoms with Crippen molar-refractivity contribution >= 4 is 23.6 Å². The molecule has 1 aromatic heterocycles. The van der Waals surface area contributed by atoms with Crippen LogP contribution in [0.4, 0.5) is 18.0 Å². The van der Waals surface area contributed by atoms with E-state index in [1.807, 2.05) is 0 Å². The molecular weight excluding hydrogens is 389 g/mol. The fourth-order valence-corrected chi connectivity index (χ4v) is 2.55. The fourth-order valence-electron chi connectivity index (χ4n) is 2.42. The van der Waals surface area contributed by atoms with Crippen molar-refractivity contribution in [2.24, 2.45) is 0 Å². The molecule has 0 radical (unpaired) electrons. The standard InChI is InChI=1S/C16H12ClF3N4O3/c17-9-3-1-8(2-4-9)12(24-13(25)11-7-22-15(26)27-11)10-5-6-21-14(23-10)16(18,19)20/h1-6,11-12H,7H2,(H,22,26)(H,24,25)/t11?,12-/m1/s1. The van der Waals surface area contributed by atoms with Gasteiger partial charge < -0.3 is 15.4 Å². The molecule has 1 aliphatic rings. The zero-order valence-corrected chi connectivity index (χ0v) is 14.2. The Morgan fingerprint density at radius 2 is 2.00 bits per heavy atom. The molecule has 0 spiro atoms. The second-order valence-corrected chi connectivity index (χ2v) is 6.01. The van der Waals surface area contributed by atoms with Gasteiger partial charge >= 0.3 is 12.3 Å². The summed E-state index contributed by atoms with van der Waals surface area (Å²) in [5.41, 5.74) is 0.363. The van der Waals surface area contributed by atoms with Crippen LogP contribution in [0.15, 0.2) is 36.5 Å². The third-order valence-corrected chi connectivity index (χ3v) is 3.94. The second-order valence-electron chi connectivity index (χ2n) is 5.57. The van der Waals surface area contributed by atoms with Gasteiger partial charge in [-0.25, -0.2) is 14.8 Å². The minimum absolute atomic E-state index is 0.0461. The highest BCUT2D eigenvalue weighted by molar-refractivity contribution is 6.30. The molecule has 7 nitrogen and oxygen atoms in total. The molecule has 1 unspecified atom stereocenters. The molecular formula is C16H12ClF3N4O3. The minimum atomic E-state index is -4.74. The van der Waals surface area contributed by atoms with Crippen molar-refractivity contribution in [2.75, 3.05) is 6.54 Å². The molecule has 2 aromatic rings. The lowest BCUT2D eigenvalue weighted by atomic mass is 10.0. The zero-order chi connectivity index (χ0) is 19.6. The number of alkyl halides is 3. The van der Waals surface area contributed by atoms with Gasteiger partial charge in [0.2, 0.25) is 5.82 Å². The summed E-state index contributed by atoms with van der Waals surface area (Å²) in [5.74, 6) is -2.01. The molecule has 0 saturated carbocycles. The monoisotopic (exact) mass is 400 g/mol. The second kappa shape index (κ2) is 7.39. The number of hydrogen-bond donors (Lipinski definition) is 2. The smallest absolute Gasteiger partial charge is 0.434 e. The maximum absolute atomic E-state index is 12.9. The van der Waals surface area contributed by atoms with Gasteiger partial charge in [0.15, 0.2) is 6.10 Å². The van der Waals surface area contributed by atoms with Crippen molar-refractivity contribution in [1.82, 2.24) is 20.6 Å². The number of alkyl carbamates (subject to hydrolysis) is 1. The predicted octanol–water partition coefficient (Wildman–Crippen LogP) is 2.46. The van der Waals surface area contributed by atoms with Crippen LogP contribution >= 0.6 is 11.6 Å². The van der Waals surface area contributed by atoms with Gasteiger partial charge in [-0.15, -0.1) is 0 Å². The van der Waals surface area contributed by atoms with E-state index in [1.54, 1.807) is 12.1 Å². The number of carbonyl (C=O) groups excluding carboxylic acids is 2. The summed E-state index contributed by atoms with van der Waals surface area (Å²) in [6, 6.07) is 6.37. The molecule has 3 rings (SSSR count). The van der Waals surface area contributed by atoms with Gasteiger partial charge in [0.05, 0.1) is 18.3 Å². The number of amides is 2. The maximum Gasteiger partial charge on any atom is 0.451 e. The Morgan fingerprint density at radius 3 is 2.59 bits per heavy atom. The van der Waals surface area contributed by atoms with Crippen LogP contribution in [0, 0.1) is 0 Å². The van der Waals surface area contributed by atoms with E-state index in [2.05, 4.69) is 20.6 Å². The van der Waals surface area contributed by atoms with E-state index in [4.69, 9.17) is 16.3 Å². The van der Waals surface area contributed by atoms with Crippen molar-refractivity contribution in [3.8, 4) is 0 Å².